The lowest BCUT2D eigenvalue weighted by molar-refractivity contribution is 0.0601. The molecule has 0 aliphatic rings. The van der Waals surface area contributed by atoms with Gasteiger partial charge in [0.15, 0.2) is 11.5 Å². The average molecular weight is 384 g/mol. The first-order valence-corrected chi connectivity index (χ1v) is 7.77. The molecule has 2 rings (SSSR count). The van der Waals surface area contributed by atoms with E-state index in [1.54, 1.807) is 0 Å². The smallest absolute Gasteiger partial charge is 0.340 e. The van der Waals surface area contributed by atoms with Gasteiger partial charge in [0.2, 0.25) is 0 Å². The second-order valence-corrected chi connectivity index (χ2v) is 5.67. The van der Waals surface area contributed by atoms with Gasteiger partial charge in [-0.3, -0.25) is 4.79 Å². The van der Waals surface area contributed by atoms with Gasteiger partial charge < -0.3 is 19.5 Å². The predicted molar refractivity (Wildman–Crippen MR) is 95.3 cm³/mol. The Hall–Kier alpha value is -2.44. The molecule has 0 saturated carbocycles. The van der Waals surface area contributed by atoms with Gasteiger partial charge in [-0.25, -0.2) is 4.79 Å². The van der Waals surface area contributed by atoms with Gasteiger partial charge in [0.25, 0.3) is 5.91 Å². The van der Waals surface area contributed by atoms with Crippen LogP contribution in [-0.4, -0.2) is 33.2 Å². The van der Waals surface area contributed by atoms with Crippen LogP contribution in [0, 0.1) is 0 Å². The van der Waals surface area contributed by atoms with Gasteiger partial charge in [-0.15, -0.1) is 0 Å². The molecule has 1 amide bonds. The first-order chi connectivity index (χ1) is 11.9. The summed E-state index contributed by atoms with van der Waals surface area (Å²) in [4.78, 5) is 24.5. The maximum absolute atomic E-state index is 12.5. The number of rotatable bonds is 5. The Bertz CT molecular complexity index is 823. The number of nitrogens with one attached hydrogen (secondary N) is 1. The number of carbonyl (C=O) groups is 2. The molecule has 0 fully saturated rings. The van der Waals surface area contributed by atoms with Crippen LogP contribution in [0.2, 0.25) is 10.0 Å². The Labute approximate surface area is 154 Å². The number of hydrogen-bond acceptors (Lipinski definition) is 5. The first-order valence-electron chi connectivity index (χ1n) is 7.02. The summed E-state index contributed by atoms with van der Waals surface area (Å²) in [5.41, 5.74) is 0.510. The third-order valence-corrected chi connectivity index (χ3v) is 3.90. The topological polar surface area (TPSA) is 73.9 Å². The highest BCUT2D eigenvalue weighted by atomic mass is 35.5. The summed E-state index contributed by atoms with van der Waals surface area (Å²) < 4.78 is 15.1. The number of benzene rings is 2. The van der Waals surface area contributed by atoms with Crippen molar-refractivity contribution < 1.29 is 23.8 Å². The van der Waals surface area contributed by atoms with Crippen LogP contribution in [0.1, 0.15) is 20.7 Å². The van der Waals surface area contributed by atoms with Crippen molar-refractivity contribution >= 4 is 40.8 Å². The molecule has 25 heavy (non-hydrogen) atoms. The predicted octanol–water partition coefficient (Wildman–Crippen LogP) is 4.05. The molecule has 0 heterocycles. The summed E-state index contributed by atoms with van der Waals surface area (Å²) >= 11 is 11.9. The van der Waals surface area contributed by atoms with E-state index in [1.807, 2.05) is 0 Å². The summed E-state index contributed by atoms with van der Waals surface area (Å²) in [6.07, 6.45) is 0. The zero-order chi connectivity index (χ0) is 18.6. The lowest BCUT2D eigenvalue weighted by Gasteiger charge is -2.15. The molecule has 8 heteroatoms. The molecular formula is C17H15Cl2NO5. The number of anilines is 1. The van der Waals surface area contributed by atoms with Crippen molar-refractivity contribution in [2.45, 2.75) is 0 Å². The molecule has 2 aromatic rings. The maximum Gasteiger partial charge on any atom is 0.340 e. The fourth-order valence-corrected chi connectivity index (χ4v) is 2.62. The zero-order valence-corrected chi connectivity index (χ0v) is 15.2. The minimum absolute atomic E-state index is 0.110. The average Bonchev–Trinajstić information content (AvgIpc) is 2.60. The minimum Gasteiger partial charge on any atom is -0.493 e. The van der Waals surface area contributed by atoms with Crippen LogP contribution >= 0.6 is 23.2 Å². The lowest BCUT2D eigenvalue weighted by atomic mass is 10.1. The van der Waals surface area contributed by atoms with Crippen molar-refractivity contribution in [3.8, 4) is 11.5 Å². The van der Waals surface area contributed by atoms with E-state index in [4.69, 9.17) is 37.4 Å². The van der Waals surface area contributed by atoms with Crippen molar-refractivity contribution in [2.75, 3.05) is 26.6 Å². The summed E-state index contributed by atoms with van der Waals surface area (Å²) in [5.74, 6) is -0.490. The van der Waals surface area contributed by atoms with Gasteiger partial charge in [0.1, 0.15) is 0 Å². The normalized spacial score (nSPS) is 10.1. The summed E-state index contributed by atoms with van der Waals surface area (Å²) in [6.45, 7) is 0. The number of ether oxygens (including phenoxy) is 3. The summed E-state index contributed by atoms with van der Waals surface area (Å²) in [7, 11) is 4.11. The van der Waals surface area contributed by atoms with Gasteiger partial charge >= 0.3 is 5.97 Å². The molecular weight excluding hydrogens is 369 g/mol. The van der Waals surface area contributed by atoms with Crippen LogP contribution < -0.4 is 14.8 Å². The fraction of sp³-hybridized carbons (Fsp3) is 0.176. The van der Waals surface area contributed by atoms with E-state index in [1.165, 1.54) is 51.7 Å². The van der Waals surface area contributed by atoms with Crippen molar-refractivity contribution in [1.82, 2.24) is 0 Å². The number of methoxy groups -OCH3 is 3. The van der Waals surface area contributed by atoms with E-state index in [-0.39, 0.29) is 21.8 Å². The Morgan fingerprint density at radius 2 is 1.56 bits per heavy atom. The van der Waals surface area contributed by atoms with Crippen LogP contribution in [0.25, 0.3) is 0 Å². The lowest BCUT2D eigenvalue weighted by Crippen LogP contribution is -2.16. The number of carbonyl (C=O) groups excluding carboxylic acids is 2. The molecule has 0 atom stereocenters. The fourth-order valence-electron chi connectivity index (χ4n) is 2.12. The SMILES string of the molecule is COC(=O)c1cc(OC)c(OC)cc1NC(=O)c1ccc(Cl)cc1Cl. The second kappa shape index (κ2) is 8.09. The highest BCUT2D eigenvalue weighted by Crippen LogP contribution is 2.34. The van der Waals surface area contributed by atoms with E-state index in [9.17, 15) is 9.59 Å². The molecule has 0 aliphatic carbocycles. The van der Waals surface area contributed by atoms with E-state index in [2.05, 4.69) is 5.32 Å². The number of halogens is 2. The third-order valence-electron chi connectivity index (χ3n) is 3.35. The minimum atomic E-state index is -0.640. The molecule has 132 valence electrons. The van der Waals surface area contributed by atoms with E-state index in [0.717, 1.165) is 0 Å². The highest BCUT2D eigenvalue weighted by molar-refractivity contribution is 6.37. The van der Waals surface area contributed by atoms with Gasteiger partial charge in [-0.1, -0.05) is 23.2 Å². The van der Waals surface area contributed by atoms with Crippen LogP contribution in [0.15, 0.2) is 30.3 Å². The number of esters is 1. The monoisotopic (exact) mass is 383 g/mol. The number of hydrogen-bond donors (Lipinski definition) is 1. The standard InChI is InChI=1S/C17H15Cl2NO5/c1-23-14-7-11(17(22)25-3)13(8-15(14)24-2)20-16(21)10-5-4-9(18)6-12(10)19/h4-8H,1-3H3,(H,20,21). The molecule has 0 spiro atoms. The van der Waals surface area contributed by atoms with Crippen molar-refractivity contribution in [3.63, 3.8) is 0 Å². The molecule has 0 saturated heterocycles. The third kappa shape index (κ3) is 4.15. The van der Waals surface area contributed by atoms with Crippen molar-refractivity contribution in [3.05, 3.63) is 51.5 Å². The maximum atomic E-state index is 12.5. The Kier molecular flexibility index (Phi) is 6.12. The van der Waals surface area contributed by atoms with Gasteiger partial charge in [0.05, 0.1) is 43.2 Å². The van der Waals surface area contributed by atoms with E-state index < -0.39 is 11.9 Å². The Morgan fingerprint density at radius 3 is 2.12 bits per heavy atom. The molecule has 1 N–H and O–H groups in total. The van der Waals surface area contributed by atoms with Crippen molar-refractivity contribution in [1.29, 1.82) is 0 Å². The molecule has 0 unspecified atom stereocenters. The second-order valence-electron chi connectivity index (χ2n) is 4.82. The molecule has 0 radical (unpaired) electrons. The highest BCUT2D eigenvalue weighted by Gasteiger charge is 2.20. The Morgan fingerprint density at radius 1 is 0.920 bits per heavy atom. The van der Waals surface area contributed by atoms with Crippen molar-refractivity contribution in [2.24, 2.45) is 0 Å². The van der Waals surface area contributed by atoms with Gasteiger partial charge in [-0.05, 0) is 18.2 Å². The van der Waals surface area contributed by atoms with Crippen LogP contribution in [0.5, 0.6) is 11.5 Å². The van der Waals surface area contributed by atoms with Crippen LogP contribution in [-0.2, 0) is 4.74 Å². The van der Waals surface area contributed by atoms with E-state index >= 15 is 0 Å². The van der Waals surface area contributed by atoms with Crippen LogP contribution in [0.3, 0.4) is 0 Å². The molecule has 2 aromatic carbocycles. The molecule has 0 bridgehead atoms. The molecule has 0 aromatic heterocycles. The Balaban J connectivity index is 2.46. The van der Waals surface area contributed by atoms with E-state index in [0.29, 0.717) is 16.5 Å². The van der Waals surface area contributed by atoms with Gasteiger partial charge in [0, 0.05) is 17.2 Å². The zero-order valence-electron chi connectivity index (χ0n) is 13.7. The summed E-state index contributed by atoms with van der Waals surface area (Å²) in [6, 6.07) is 7.36. The van der Waals surface area contributed by atoms with Gasteiger partial charge in [-0.2, -0.15) is 0 Å². The quantitative estimate of drug-likeness (QED) is 0.788. The number of amides is 1. The molecule has 6 nitrogen and oxygen atoms in total. The largest absolute Gasteiger partial charge is 0.493 e. The summed E-state index contributed by atoms with van der Waals surface area (Å²) in [5, 5.41) is 3.22. The van der Waals surface area contributed by atoms with Crippen LogP contribution in [0.4, 0.5) is 5.69 Å². The first kappa shape index (κ1) is 18.9. The molecule has 0 aliphatic heterocycles.